The van der Waals surface area contributed by atoms with Crippen molar-refractivity contribution in [3.63, 3.8) is 0 Å². The molecule has 1 aromatic heterocycles. The molecule has 0 fully saturated rings. The highest BCUT2D eigenvalue weighted by atomic mass is 32.1. The summed E-state index contributed by atoms with van der Waals surface area (Å²) in [4.78, 5) is 30.3. The Hall–Kier alpha value is -3.39. The van der Waals surface area contributed by atoms with Crippen molar-refractivity contribution in [2.45, 2.75) is 6.61 Å². The molecule has 0 aliphatic carbocycles. The zero-order valence-electron chi connectivity index (χ0n) is 15.3. The average molecular weight is 398 g/mol. The third kappa shape index (κ3) is 4.29. The molecular formula is C20H18N2O5S. The summed E-state index contributed by atoms with van der Waals surface area (Å²) in [5, 5.41) is 2.77. The number of aromatic nitrogens is 1. The van der Waals surface area contributed by atoms with E-state index in [4.69, 9.17) is 14.2 Å². The summed E-state index contributed by atoms with van der Waals surface area (Å²) in [7, 11) is 2.52. The molecule has 0 saturated heterocycles. The molecule has 28 heavy (non-hydrogen) atoms. The van der Waals surface area contributed by atoms with Crippen molar-refractivity contribution in [1.29, 1.82) is 0 Å². The maximum Gasteiger partial charge on any atom is 0.355 e. The largest absolute Gasteiger partial charge is 0.486 e. The number of benzene rings is 1. The number of anilines is 1. The number of esters is 2. The number of allylic oxidation sites excluding steroid dienone is 2. The van der Waals surface area contributed by atoms with E-state index in [1.54, 1.807) is 53.7 Å². The molecule has 8 heteroatoms. The molecule has 0 bridgehead atoms. The van der Waals surface area contributed by atoms with Crippen molar-refractivity contribution < 1.29 is 23.8 Å². The summed E-state index contributed by atoms with van der Waals surface area (Å²) < 4.78 is 15.4. The van der Waals surface area contributed by atoms with Crippen molar-refractivity contribution >= 4 is 29.0 Å². The first kappa shape index (κ1) is 19.4. The van der Waals surface area contributed by atoms with E-state index in [-0.39, 0.29) is 11.3 Å². The van der Waals surface area contributed by atoms with Crippen molar-refractivity contribution in [3.05, 3.63) is 76.5 Å². The fourth-order valence-electron chi connectivity index (χ4n) is 2.54. The Kier molecular flexibility index (Phi) is 6.23. The number of hydrogen-bond donors (Lipinski definition) is 0. The Morgan fingerprint density at radius 3 is 2.46 bits per heavy atom. The van der Waals surface area contributed by atoms with Gasteiger partial charge in [0.05, 0.1) is 19.8 Å². The Morgan fingerprint density at radius 1 is 1.07 bits per heavy atom. The molecule has 1 aliphatic heterocycles. The van der Waals surface area contributed by atoms with Crippen LogP contribution in [0.2, 0.25) is 0 Å². The van der Waals surface area contributed by atoms with Gasteiger partial charge in [-0.3, -0.25) is 0 Å². The molecule has 0 amide bonds. The molecule has 3 rings (SSSR count). The highest BCUT2D eigenvalue weighted by Crippen LogP contribution is 2.28. The van der Waals surface area contributed by atoms with Gasteiger partial charge in [0.15, 0.2) is 0 Å². The number of carbonyl (C=O) groups excluding carboxylic acids is 2. The summed E-state index contributed by atoms with van der Waals surface area (Å²) in [6, 6.07) is 7.12. The SMILES string of the molecule is COC(=O)C1=C(C(=O)OC)N(c2ccc(OCc3nccs3)cc2)C=CC=C1. The minimum atomic E-state index is -0.652. The van der Waals surface area contributed by atoms with Gasteiger partial charge in [-0.05, 0) is 36.4 Å². The molecule has 0 N–H and O–H groups in total. The first-order valence-corrected chi connectivity index (χ1v) is 9.18. The summed E-state index contributed by atoms with van der Waals surface area (Å²) >= 11 is 1.52. The zero-order chi connectivity index (χ0) is 19.9. The van der Waals surface area contributed by atoms with Crippen LogP contribution in [0.4, 0.5) is 5.69 Å². The third-order valence-electron chi connectivity index (χ3n) is 3.85. The molecule has 0 spiro atoms. The molecule has 0 unspecified atom stereocenters. The second kappa shape index (κ2) is 9.01. The quantitative estimate of drug-likeness (QED) is 0.692. The first-order chi connectivity index (χ1) is 13.6. The van der Waals surface area contributed by atoms with Crippen LogP contribution in [-0.2, 0) is 25.7 Å². The van der Waals surface area contributed by atoms with Crippen LogP contribution in [-0.4, -0.2) is 31.1 Å². The molecule has 1 aliphatic rings. The molecule has 1 aromatic carbocycles. The molecule has 0 radical (unpaired) electrons. The molecular weight excluding hydrogens is 380 g/mol. The van der Waals surface area contributed by atoms with E-state index in [2.05, 4.69) is 4.98 Å². The van der Waals surface area contributed by atoms with Gasteiger partial charge >= 0.3 is 11.9 Å². The lowest BCUT2D eigenvalue weighted by Crippen LogP contribution is -2.26. The summed E-state index contributed by atoms with van der Waals surface area (Å²) in [5.41, 5.74) is 0.822. The summed E-state index contributed by atoms with van der Waals surface area (Å²) in [5.74, 6) is -0.623. The van der Waals surface area contributed by atoms with Crippen LogP contribution in [0.3, 0.4) is 0 Å². The fourth-order valence-corrected chi connectivity index (χ4v) is 3.07. The molecule has 2 aromatic rings. The van der Waals surface area contributed by atoms with Crippen LogP contribution < -0.4 is 9.64 Å². The minimum absolute atomic E-state index is 0.0656. The summed E-state index contributed by atoms with van der Waals surface area (Å²) in [6.07, 6.45) is 8.28. The molecule has 0 saturated carbocycles. The van der Waals surface area contributed by atoms with Crippen LogP contribution in [0, 0.1) is 0 Å². The van der Waals surface area contributed by atoms with Gasteiger partial charge < -0.3 is 19.1 Å². The number of carbonyl (C=O) groups is 2. The second-order valence-electron chi connectivity index (χ2n) is 5.52. The highest BCUT2D eigenvalue weighted by Gasteiger charge is 2.27. The second-order valence-corrected chi connectivity index (χ2v) is 6.50. The lowest BCUT2D eigenvalue weighted by molar-refractivity contribution is -0.139. The molecule has 7 nitrogen and oxygen atoms in total. The Morgan fingerprint density at radius 2 is 1.82 bits per heavy atom. The van der Waals surface area contributed by atoms with Gasteiger partial charge in [-0.1, -0.05) is 6.08 Å². The van der Waals surface area contributed by atoms with Crippen molar-refractivity contribution in [2.24, 2.45) is 0 Å². The molecule has 2 heterocycles. The predicted octanol–water partition coefficient (Wildman–Crippen LogP) is 3.21. The van der Waals surface area contributed by atoms with Gasteiger partial charge in [0.25, 0.3) is 0 Å². The normalized spacial score (nSPS) is 13.3. The first-order valence-electron chi connectivity index (χ1n) is 8.30. The standard InChI is InChI=1S/C20H18N2O5S/c1-25-19(23)16-5-3-4-11-22(18(16)20(24)26-2)14-6-8-15(9-7-14)27-13-17-21-10-12-28-17/h3-12H,13H2,1-2H3. The van der Waals surface area contributed by atoms with Gasteiger partial charge in [0.1, 0.15) is 23.1 Å². The van der Waals surface area contributed by atoms with E-state index in [1.165, 1.54) is 31.6 Å². The van der Waals surface area contributed by atoms with Crippen LogP contribution in [0.25, 0.3) is 0 Å². The maximum atomic E-state index is 12.4. The van der Waals surface area contributed by atoms with E-state index in [0.29, 0.717) is 18.0 Å². The number of ether oxygens (including phenoxy) is 3. The Bertz CT molecular complexity index is 930. The number of thiazole rings is 1. The van der Waals surface area contributed by atoms with Gasteiger partial charge in [0, 0.05) is 23.5 Å². The fraction of sp³-hybridized carbons (Fsp3) is 0.150. The van der Waals surface area contributed by atoms with E-state index in [0.717, 1.165) is 5.01 Å². The molecule has 144 valence electrons. The third-order valence-corrected chi connectivity index (χ3v) is 4.60. The zero-order valence-corrected chi connectivity index (χ0v) is 16.1. The van der Waals surface area contributed by atoms with Crippen molar-refractivity contribution in [3.8, 4) is 5.75 Å². The monoisotopic (exact) mass is 398 g/mol. The minimum Gasteiger partial charge on any atom is -0.486 e. The van der Waals surface area contributed by atoms with Crippen LogP contribution in [0.15, 0.2) is 71.5 Å². The Balaban J connectivity index is 1.89. The van der Waals surface area contributed by atoms with E-state index in [1.807, 2.05) is 5.38 Å². The van der Waals surface area contributed by atoms with Crippen molar-refractivity contribution in [2.75, 3.05) is 19.1 Å². The van der Waals surface area contributed by atoms with E-state index in [9.17, 15) is 9.59 Å². The van der Waals surface area contributed by atoms with Gasteiger partial charge in [-0.15, -0.1) is 11.3 Å². The number of methoxy groups -OCH3 is 2. The summed E-state index contributed by atoms with van der Waals surface area (Å²) in [6.45, 7) is 0.379. The van der Waals surface area contributed by atoms with Gasteiger partial charge in [-0.25, -0.2) is 14.6 Å². The Labute approximate surface area is 166 Å². The van der Waals surface area contributed by atoms with Crippen LogP contribution in [0.1, 0.15) is 5.01 Å². The van der Waals surface area contributed by atoms with E-state index < -0.39 is 11.9 Å². The van der Waals surface area contributed by atoms with Gasteiger partial charge in [0.2, 0.25) is 0 Å². The van der Waals surface area contributed by atoms with Crippen LogP contribution in [0.5, 0.6) is 5.75 Å². The topological polar surface area (TPSA) is 78.0 Å². The number of nitrogens with zero attached hydrogens (tertiary/aromatic N) is 2. The van der Waals surface area contributed by atoms with E-state index >= 15 is 0 Å². The molecule has 0 atom stereocenters. The lowest BCUT2D eigenvalue weighted by atomic mass is 10.1. The number of rotatable bonds is 6. The number of hydrogen-bond acceptors (Lipinski definition) is 8. The predicted molar refractivity (Wildman–Crippen MR) is 105 cm³/mol. The van der Waals surface area contributed by atoms with Crippen molar-refractivity contribution in [1.82, 2.24) is 4.98 Å². The maximum absolute atomic E-state index is 12.4. The average Bonchev–Trinajstić information content (AvgIpc) is 3.16. The van der Waals surface area contributed by atoms with Gasteiger partial charge in [-0.2, -0.15) is 0 Å². The highest BCUT2D eigenvalue weighted by molar-refractivity contribution is 7.09. The lowest BCUT2D eigenvalue weighted by Gasteiger charge is -2.23. The van der Waals surface area contributed by atoms with Crippen LogP contribution >= 0.6 is 11.3 Å². The smallest absolute Gasteiger partial charge is 0.355 e.